The number of rotatable bonds is 8. The molecule has 8 rings (SSSR count). The maximum atomic E-state index is 11.5. The van der Waals surface area contributed by atoms with E-state index in [1.807, 2.05) is 28.2 Å². The molecule has 2 saturated heterocycles. The smallest absolute Gasteiger partial charge is 0.217 e. The first kappa shape index (κ1) is 41.4. The number of pyridine rings is 1. The number of anilines is 2. The zero-order valence-corrected chi connectivity index (χ0v) is 35.9. The van der Waals surface area contributed by atoms with E-state index in [4.69, 9.17) is 36.2 Å². The van der Waals surface area contributed by atoms with E-state index in [0.717, 1.165) is 88.6 Å². The van der Waals surface area contributed by atoms with Crippen LogP contribution in [0.2, 0.25) is 5.02 Å². The second kappa shape index (κ2) is 16.5. The first-order valence-corrected chi connectivity index (χ1v) is 20.2. The van der Waals surface area contributed by atoms with E-state index >= 15 is 0 Å². The summed E-state index contributed by atoms with van der Waals surface area (Å²) >= 11 is 6.32. The molecule has 0 bridgehead atoms. The quantitative estimate of drug-likeness (QED) is 0.217. The van der Waals surface area contributed by atoms with E-state index in [0.29, 0.717) is 31.2 Å². The summed E-state index contributed by atoms with van der Waals surface area (Å²) in [5.74, 6) is 3.09. The van der Waals surface area contributed by atoms with Gasteiger partial charge in [-0.2, -0.15) is 0 Å². The largest absolute Gasteiger partial charge is 0.353 e. The number of nitrogens with one attached hydrogen (secondary N) is 2. The molecule has 2 aliphatic rings. The van der Waals surface area contributed by atoms with Gasteiger partial charge in [-0.05, 0) is 31.9 Å². The van der Waals surface area contributed by atoms with Crippen LogP contribution in [0.1, 0.15) is 97.0 Å². The summed E-state index contributed by atoms with van der Waals surface area (Å²) in [6, 6.07) is 3.87. The van der Waals surface area contributed by atoms with Gasteiger partial charge >= 0.3 is 0 Å². The van der Waals surface area contributed by atoms with Crippen LogP contribution < -0.4 is 20.4 Å². The van der Waals surface area contributed by atoms with Gasteiger partial charge in [-0.1, -0.05) is 63.5 Å². The summed E-state index contributed by atoms with van der Waals surface area (Å²) in [4.78, 5) is 60.3. The number of imidazole rings is 2. The van der Waals surface area contributed by atoms with Gasteiger partial charge in [0.05, 0.1) is 36.5 Å². The predicted molar refractivity (Wildman–Crippen MR) is 223 cm³/mol. The lowest BCUT2D eigenvalue weighted by molar-refractivity contribution is -0.120. The molecule has 0 saturated carbocycles. The van der Waals surface area contributed by atoms with Crippen molar-refractivity contribution in [2.45, 2.75) is 111 Å². The zero-order valence-electron chi connectivity index (χ0n) is 35.1. The topological polar surface area (TPSA) is 204 Å². The average molecular weight is 826 g/mol. The fourth-order valence-corrected chi connectivity index (χ4v) is 7.35. The number of hydrogen-bond donors (Lipinski definition) is 2. The normalized spacial score (nSPS) is 17.1. The van der Waals surface area contributed by atoms with E-state index in [1.54, 1.807) is 32.7 Å². The first-order valence-electron chi connectivity index (χ1n) is 19.8. The molecule has 2 fully saturated rings. The Hall–Kier alpha value is -5.78. The molecule has 0 radical (unpaired) electrons. The van der Waals surface area contributed by atoms with Crippen molar-refractivity contribution in [2.24, 2.45) is 0 Å². The van der Waals surface area contributed by atoms with E-state index in [-0.39, 0.29) is 34.7 Å². The van der Waals surface area contributed by atoms with Crippen molar-refractivity contribution in [3.63, 3.8) is 0 Å². The standard InChI is InChI=1S/C21H26ClN7O.C19H26N8O2/c1-13(30)25-14-7-9-28(10-14)18-17-19(27-20(26-18)21(2,3)4)29(12-24-17)11-16-15(22)6-5-8-23-16;1-11-14(25-29-24-11)9-27-10-20-15-16(22-18(19(3,4)5)23-17(15)27)26-7-6-13(8-26)21-12(2)28/h5-6,8,12,14H,7,9-11H2,1-4H3,(H,25,30);10,13H,6-9H2,1-5H3,(H,21,28)/t14-;13-/m00/s1. The highest BCUT2D eigenvalue weighted by atomic mass is 35.5. The molecule has 59 heavy (non-hydrogen) atoms. The van der Waals surface area contributed by atoms with Crippen molar-refractivity contribution < 1.29 is 14.2 Å². The molecule has 19 heteroatoms. The van der Waals surface area contributed by atoms with Crippen LogP contribution in [0.15, 0.2) is 35.6 Å². The predicted octanol–water partition coefficient (Wildman–Crippen LogP) is 4.51. The molecular weight excluding hydrogens is 774 g/mol. The minimum Gasteiger partial charge on any atom is -0.353 e. The van der Waals surface area contributed by atoms with Gasteiger partial charge in [0, 0.05) is 69.1 Å². The highest BCUT2D eigenvalue weighted by molar-refractivity contribution is 6.31. The van der Waals surface area contributed by atoms with Gasteiger partial charge in [0.2, 0.25) is 11.8 Å². The van der Waals surface area contributed by atoms with Crippen LogP contribution in [0, 0.1) is 6.92 Å². The number of carbonyl (C=O) groups is 2. The number of aryl methyl sites for hydroxylation is 1. The summed E-state index contributed by atoms with van der Waals surface area (Å²) < 4.78 is 8.74. The molecular formula is C40H52ClN15O3. The summed E-state index contributed by atoms with van der Waals surface area (Å²) in [7, 11) is 0. The Labute approximate surface area is 347 Å². The minimum atomic E-state index is -0.225. The highest BCUT2D eigenvalue weighted by Gasteiger charge is 2.31. The number of nitrogens with zero attached hydrogens (tertiary/aromatic N) is 13. The van der Waals surface area contributed by atoms with Gasteiger partial charge in [-0.25, -0.2) is 34.5 Å². The van der Waals surface area contributed by atoms with Crippen molar-refractivity contribution >= 4 is 57.4 Å². The molecule has 18 nitrogen and oxygen atoms in total. The Morgan fingerprint density at radius 3 is 1.66 bits per heavy atom. The maximum absolute atomic E-state index is 11.5. The van der Waals surface area contributed by atoms with Gasteiger partial charge in [-0.3, -0.25) is 14.6 Å². The molecule has 2 atom stereocenters. The maximum Gasteiger partial charge on any atom is 0.217 e. The van der Waals surface area contributed by atoms with Gasteiger partial charge < -0.3 is 29.6 Å². The highest BCUT2D eigenvalue weighted by Crippen LogP contribution is 2.32. The third-order valence-corrected chi connectivity index (χ3v) is 10.6. The third-order valence-electron chi connectivity index (χ3n) is 10.2. The Bertz CT molecular complexity index is 2480. The number of fused-ring (bicyclic) bond motifs is 2. The van der Waals surface area contributed by atoms with Crippen LogP contribution in [-0.2, 0) is 33.5 Å². The molecule has 0 spiro atoms. The van der Waals surface area contributed by atoms with E-state index in [1.165, 1.54) is 0 Å². The molecule has 6 aromatic heterocycles. The van der Waals surface area contributed by atoms with Crippen molar-refractivity contribution in [2.75, 3.05) is 36.0 Å². The molecule has 2 N–H and O–H groups in total. The molecule has 8 heterocycles. The van der Waals surface area contributed by atoms with E-state index in [9.17, 15) is 9.59 Å². The van der Waals surface area contributed by atoms with Crippen LogP contribution in [0.25, 0.3) is 22.3 Å². The molecule has 0 unspecified atom stereocenters. The van der Waals surface area contributed by atoms with Gasteiger partial charge in [0.1, 0.15) is 23.0 Å². The SMILES string of the molecule is CC(=O)N[C@H]1CCN(c2nc(C(C)(C)C)nc3c2ncn3Cc2ncccc2Cl)C1.CC(=O)N[C@H]1CCN(c2nc(C(C)(C)C)nc3c2ncn3Cc2nonc2C)C1. The monoisotopic (exact) mass is 825 g/mol. The van der Waals surface area contributed by atoms with Crippen molar-refractivity contribution in [1.82, 2.24) is 65.0 Å². The van der Waals surface area contributed by atoms with Crippen LogP contribution >= 0.6 is 11.6 Å². The Balaban J connectivity index is 0.000000179. The average Bonchev–Trinajstić information content (AvgIpc) is 4.01. The zero-order chi connectivity index (χ0) is 42.2. The second-order valence-corrected chi connectivity index (χ2v) is 17.7. The van der Waals surface area contributed by atoms with Crippen LogP contribution in [-0.4, -0.2) is 104 Å². The van der Waals surface area contributed by atoms with Gasteiger partial charge in [-0.15, -0.1) is 0 Å². The summed E-state index contributed by atoms with van der Waals surface area (Å²) in [6.45, 7) is 21.5. The van der Waals surface area contributed by atoms with E-state index < -0.39 is 0 Å². The lowest BCUT2D eigenvalue weighted by Crippen LogP contribution is -2.36. The van der Waals surface area contributed by atoms with E-state index in [2.05, 4.69) is 87.2 Å². The van der Waals surface area contributed by atoms with Crippen LogP contribution in [0.5, 0.6) is 0 Å². The molecule has 6 aromatic rings. The minimum absolute atomic E-state index is 0.0124. The number of halogens is 1. The fraction of sp³-hybridized carbons (Fsp3) is 0.525. The fourth-order valence-electron chi connectivity index (χ4n) is 7.17. The third kappa shape index (κ3) is 9.27. The van der Waals surface area contributed by atoms with Gasteiger partial charge in [0.25, 0.3) is 0 Å². The molecule has 2 amide bonds. The number of amides is 2. The first-order chi connectivity index (χ1) is 27.9. The number of aromatic nitrogens is 11. The van der Waals surface area contributed by atoms with Gasteiger partial charge in [0.15, 0.2) is 34.0 Å². The van der Waals surface area contributed by atoms with Crippen molar-refractivity contribution in [3.8, 4) is 0 Å². The summed E-state index contributed by atoms with van der Waals surface area (Å²) in [6.07, 6.45) is 7.00. The Kier molecular flexibility index (Phi) is 11.5. The molecule has 312 valence electrons. The van der Waals surface area contributed by atoms with Crippen molar-refractivity contribution in [3.05, 3.63) is 64.7 Å². The van der Waals surface area contributed by atoms with Crippen LogP contribution in [0.4, 0.5) is 11.6 Å². The number of hydrogen-bond acceptors (Lipinski definition) is 14. The molecule has 0 aliphatic carbocycles. The summed E-state index contributed by atoms with van der Waals surface area (Å²) in [5, 5.41) is 14.4. The Morgan fingerprint density at radius 1 is 0.746 bits per heavy atom. The summed E-state index contributed by atoms with van der Waals surface area (Å²) in [5.41, 5.74) is 4.82. The molecule has 2 aliphatic heterocycles. The second-order valence-electron chi connectivity index (χ2n) is 17.3. The lowest BCUT2D eigenvalue weighted by Gasteiger charge is -2.22. The number of carbonyl (C=O) groups excluding carboxylic acids is 2. The van der Waals surface area contributed by atoms with Crippen LogP contribution in [0.3, 0.4) is 0 Å². The van der Waals surface area contributed by atoms with Crippen molar-refractivity contribution in [1.29, 1.82) is 0 Å². The Morgan fingerprint density at radius 2 is 1.24 bits per heavy atom. The molecule has 0 aromatic carbocycles. The lowest BCUT2D eigenvalue weighted by atomic mass is 9.95.